The molecule has 1 heterocycles. The summed E-state index contributed by atoms with van der Waals surface area (Å²) in [7, 11) is 0. The van der Waals surface area contributed by atoms with Crippen molar-refractivity contribution in [1.82, 2.24) is 4.90 Å². The first-order valence-electron chi connectivity index (χ1n) is 11.8. The molecule has 6 heteroatoms. The topological polar surface area (TPSA) is 59.0 Å². The van der Waals surface area contributed by atoms with E-state index in [0.29, 0.717) is 6.61 Å². The van der Waals surface area contributed by atoms with Crippen molar-refractivity contribution in [3.8, 4) is 0 Å². The van der Waals surface area contributed by atoms with Gasteiger partial charge in [0.25, 0.3) is 0 Å². The average molecular weight is 520 g/mol. The zero-order chi connectivity index (χ0) is 22.3. The Labute approximate surface area is 183 Å². The van der Waals surface area contributed by atoms with Crippen LogP contribution >= 0.6 is 0 Å². The Morgan fingerprint density at radius 3 is 1.93 bits per heavy atom. The zero-order valence-corrected chi connectivity index (χ0v) is 23.2. The number of rotatable bonds is 11. The third kappa shape index (κ3) is 7.56. The predicted molar refractivity (Wildman–Crippen MR) is 123 cm³/mol. The number of aliphatic hydroxyl groups is 1. The molecular formula is C23H47NO4Sn. The van der Waals surface area contributed by atoms with Crippen molar-refractivity contribution in [1.29, 1.82) is 0 Å². The molecule has 1 aliphatic rings. The van der Waals surface area contributed by atoms with E-state index in [1.165, 1.54) is 32.6 Å². The molecule has 0 spiro atoms. The number of ether oxygens (including phenoxy) is 2. The molecule has 0 saturated carbocycles. The average Bonchev–Trinajstić information content (AvgIpc) is 2.94. The quantitative estimate of drug-likeness (QED) is 0.334. The zero-order valence-electron chi connectivity index (χ0n) is 20.3. The van der Waals surface area contributed by atoms with Gasteiger partial charge in [-0.15, -0.1) is 0 Å². The van der Waals surface area contributed by atoms with Crippen molar-refractivity contribution in [3.05, 3.63) is 0 Å². The number of hydrogen-bond acceptors (Lipinski definition) is 4. The fourth-order valence-corrected chi connectivity index (χ4v) is 21.3. The molecule has 0 unspecified atom stereocenters. The van der Waals surface area contributed by atoms with E-state index in [1.54, 1.807) is 4.90 Å². The molecule has 1 amide bonds. The van der Waals surface area contributed by atoms with Crippen LogP contribution in [0.25, 0.3) is 0 Å². The van der Waals surface area contributed by atoms with Gasteiger partial charge in [0.15, 0.2) is 0 Å². The Hall–Kier alpha value is -0.0113. The van der Waals surface area contributed by atoms with E-state index >= 15 is 0 Å². The van der Waals surface area contributed by atoms with Crippen molar-refractivity contribution in [3.63, 3.8) is 0 Å². The van der Waals surface area contributed by atoms with E-state index < -0.39 is 33.8 Å². The molecule has 1 aliphatic heterocycles. The first-order valence-corrected chi connectivity index (χ1v) is 19.5. The number of carbonyl (C=O) groups excluding carboxylic acids is 1. The molecule has 0 radical (unpaired) electrons. The second-order valence-electron chi connectivity index (χ2n) is 10.3. The van der Waals surface area contributed by atoms with Crippen LogP contribution < -0.4 is 0 Å². The molecule has 0 bridgehead atoms. The van der Waals surface area contributed by atoms with Crippen molar-refractivity contribution in [2.45, 2.75) is 129 Å². The monoisotopic (exact) mass is 521 g/mol. The molecule has 5 nitrogen and oxygen atoms in total. The summed E-state index contributed by atoms with van der Waals surface area (Å²) in [6.07, 6.45) is 6.66. The van der Waals surface area contributed by atoms with Gasteiger partial charge in [-0.2, -0.15) is 0 Å². The van der Waals surface area contributed by atoms with E-state index in [-0.39, 0.29) is 12.1 Å². The van der Waals surface area contributed by atoms with Crippen LogP contribution in [0.1, 0.15) is 93.9 Å². The molecule has 0 aliphatic carbocycles. The molecule has 0 aromatic rings. The summed E-state index contributed by atoms with van der Waals surface area (Å²) < 4.78 is 14.9. The van der Waals surface area contributed by atoms with Gasteiger partial charge in [-0.25, -0.2) is 0 Å². The molecule has 1 rings (SSSR count). The van der Waals surface area contributed by atoms with Gasteiger partial charge in [0.1, 0.15) is 0 Å². The predicted octanol–water partition coefficient (Wildman–Crippen LogP) is 6.11. The number of hydrogen-bond donors (Lipinski definition) is 1. The Balaban J connectivity index is 3.24. The van der Waals surface area contributed by atoms with Gasteiger partial charge in [-0.05, 0) is 0 Å². The van der Waals surface area contributed by atoms with Gasteiger partial charge in [-0.1, -0.05) is 0 Å². The van der Waals surface area contributed by atoms with Crippen LogP contribution in [0.4, 0.5) is 4.79 Å². The summed E-state index contributed by atoms with van der Waals surface area (Å²) in [5.41, 5.74) is -1.33. The summed E-state index contributed by atoms with van der Waals surface area (Å²) in [6, 6.07) is -0.291. The van der Waals surface area contributed by atoms with Gasteiger partial charge in [0.05, 0.1) is 0 Å². The van der Waals surface area contributed by atoms with Gasteiger partial charge in [-0.3, -0.25) is 0 Å². The SMILES string of the molecule is CCC[CH2][Sn]([CH2]CCC)([CH2]CCC)[C@@H](O)[C@@H]1COC(C)(C)N1C(=O)OC(C)(C)C. The van der Waals surface area contributed by atoms with Crippen LogP contribution in [0.15, 0.2) is 0 Å². The molecule has 1 saturated heterocycles. The van der Waals surface area contributed by atoms with Crippen LogP contribution in [0.5, 0.6) is 0 Å². The summed E-state index contributed by atoms with van der Waals surface area (Å²) in [6.45, 7) is 16.6. The molecule has 0 aromatic carbocycles. The molecule has 172 valence electrons. The van der Waals surface area contributed by atoms with Crippen LogP contribution in [0.2, 0.25) is 13.3 Å². The first-order chi connectivity index (χ1) is 13.4. The molecule has 29 heavy (non-hydrogen) atoms. The van der Waals surface area contributed by atoms with Gasteiger partial charge >= 0.3 is 184 Å². The van der Waals surface area contributed by atoms with Crippen molar-refractivity contribution >= 4 is 24.5 Å². The van der Waals surface area contributed by atoms with Crippen molar-refractivity contribution in [2.75, 3.05) is 6.61 Å². The maximum absolute atomic E-state index is 13.1. The molecular weight excluding hydrogens is 473 g/mol. The van der Waals surface area contributed by atoms with E-state index in [1.807, 2.05) is 34.6 Å². The number of carbonyl (C=O) groups is 1. The van der Waals surface area contributed by atoms with E-state index in [2.05, 4.69) is 20.8 Å². The third-order valence-corrected chi connectivity index (χ3v) is 22.4. The fraction of sp³-hybridized carbons (Fsp3) is 0.957. The summed E-state index contributed by atoms with van der Waals surface area (Å²) in [4.78, 5) is 14.8. The molecule has 2 atom stereocenters. The van der Waals surface area contributed by atoms with E-state index in [0.717, 1.165) is 19.3 Å². The van der Waals surface area contributed by atoms with Crippen molar-refractivity contribution < 1.29 is 19.4 Å². The third-order valence-electron chi connectivity index (χ3n) is 6.19. The summed E-state index contributed by atoms with van der Waals surface area (Å²) in [5, 5.41) is 11.9. The van der Waals surface area contributed by atoms with Crippen LogP contribution in [0.3, 0.4) is 0 Å². The van der Waals surface area contributed by atoms with E-state index in [4.69, 9.17) is 9.47 Å². The minimum absolute atomic E-state index is 0.291. The van der Waals surface area contributed by atoms with Gasteiger partial charge in [0, 0.05) is 0 Å². The van der Waals surface area contributed by atoms with E-state index in [9.17, 15) is 9.90 Å². The number of amides is 1. The number of nitrogens with zero attached hydrogens (tertiary/aromatic N) is 1. The second kappa shape index (κ2) is 11.6. The number of unbranched alkanes of at least 4 members (excludes halogenated alkanes) is 3. The molecule has 1 N–H and O–H groups in total. The Bertz CT molecular complexity index is 482. The maximum atomic E-state index is 13.1. The van der Waals surface area contributed by atoms with Crippen LogP contribution in [-0.4, -0.2) is 62.6 Å². The summed E-state index contributed by atoms with van der Waals surface area (Å²) >= 11 is -2.94. The van der Waals surface area contributed by atoms with Gasteiger partial charge in [0.2, 0.25) is 0 Å². The molecule has 0 aromatic heterocycles. The number of aliphatic hydroxyl groups excluding tert-OH is 1. The second-order valence-corrected chi connectivity index (χ2v) is 24.0. The van der Waals surface area contributed by atoms with Crippen molar-refractivity contribution in [2.24, 2.45) is 0 Å². The Morgan fingerprint density at radius 1 is 1.10 bits per heavy atom. The standard InChI is InChI=1S/C11H20NO4.3C4H9.Sn/c1-10(2,3)16-9(14)12-8(6-13)7-15-11(12,4)5;3*1-3-4-2;/h6,8,13H,7H2,1-5H3;3*1,3-4H2,2H3;/t8-;;;;/m1..../s1. The normalized spacial score (nSPS) is 20.7. The minimum atomic E-state index is -2.94. The molecule has 1 fully saturated rings. The fourth-order valence-electron chi connectivity index (χ4n) is 4.54. The Morgan fingerprint density at radius 2 is 1.55 bits per heavy atom. The van der Waals surface area contributed by atoms with Gasteiger partial charge < -0.3 is 0 Å². The van der Waals surface area contributed by atoms with Crippen LogP contribution in [0, 0.1) is 0 Å². The first kappa shape index (κ1) is 27.0. The van der Waals surface area contributed by atoms with Crippen LogP contribution in [-0.2, 0) is 9.47 Å². The summed E-state index contributed by atoms with van der Waals surface area (Å²) in [5.74, 6) is 0. The Kier molecular flexibility index (Phi) is 10.8.